The standard InChI is InChI=1S/C24H30N6O2/c31-17-24-29(18-26-30(24)22-9-11-25-12-10-22)21-3-1-19(2-4-21)27-13-15-28(16-14-27)20-5-7-23(32)8-6-20/h1-8,17-18,22,24-25,32H,9-16H2. The monoisotopic (exact) mass is 434 g/mol. The van der Waals surface area contributed by atoms with Crippen molar-refractivity contribution in [2.45, 2.75) is 25.0 Å². The first-order valence-electron chi connectivity index (χ1n) is 11.4. The fourth-order valence-electron chi connectivity index (χ4n) is 4.83. The molecule has 3 aliphatic heterocycles. The van der Waals surface area contributed by atoms with Gasteiger partial charge in [-0.2, -0.15) is 5.10 Å². The zero-order valence-corrected chi connectivity index (χ0v) is 18.2. The summed E-state index contributed by atoms with van der Waals surface area (Å²) in [6.07, 6.45) is 4.41. The molecule has 2 N–H and O–H groups in total. The normalized spacial score (nSPS) is 21.9. The van der Waals surface area contributed by atoms with Gasteiger partial charge in [0.25, 0.3) is 0 Å². The van der Waals surface area contributed by atoms with Crippen molar-refractivity contribution in [2.24, 2.45) is 5.10 Å². The maximum atomic E-state index is 11.9. The quantitative estimate of drug-likeness (QED) is 0.698. The van der Waals surface area contributed by atoms with Crippen LogP contribution < -0.4 is 20.0 Å². The van der Waals surface area contributed by atoms with Crippen molar-refractivity contribution in [3.05, 3.63) is 48.5 Å². The van der Waals surface area contributed by atoms with E-state index in [2.05, 4.69) is 44.5 Å². The number of piperazine rings is 1. The van der Waals surface area contributed by atoms with E-state index in [0.717, 1.165) is 69.8 Å². The van der Waals surface area contributed by atoms with Gasteiger partial charge in [-0.05, 0) is 74.5 Å². The molecule has 0 saturated carbocycles. The minimum absolute atomic E-state index is 0.297. The molecular formula is C24H30N6O2. The van der Waals surface area contributed by atoms with Crippen LogP contribution in [-0.2, 0) is 4.79 Å². The molecule has 0 spiro atoms. The number of aromatic hydroxyl groups is 1. The molecular weight excluding hydrogens is 404 g/mol. The number of carbonyl (C=O) groups excluding carboxylic acids is 1. The number of hydrazone groups is 1. The summed E-state index contributed by atoms with van der Waals surface area (Å²) < 4.78 is 0. The van der Waals surface area contributed by atoms with Gasteiger partial charge in [-0.15, -0.1) is 0 Å². The number of anilines is 3. The molecule has 2 aromatic rings. The summed E-state index contributed by atoms with van der Waals surface area (Å²) in [5.74, 6) is 0.297. The van der Waals surface area contributed by atoms with Crippen molar-refractivity contribution in [2.75, 3.05) is 54.0 Å². The van der Waals surface area contributed by atoms with Crippen LogP contribution in [0.25, 0.3) is 0 Å². The van der Waals surface area contributed by atoms with E-state index >= 15 is 0 Å². The van der Waals surface area contributed by atoms with Gasteiger partial charge in [0.15, 0.2) is 12.5 Å². The second-order valence-electron chi connectivity index (χ2n) is 8.56. The van der Waals surface area contributed by atoms with E-state index in [1.165, 1.54) is 5.69 Å². The van der Waals surface area contributed by atoms with Crippen molar-refractivity contribution in [1.29, 1.82) is 0 Å². The number of nitrogens with one attached hydrogen (secondary N) is 1. The van der Waals surface area contributed by atoms with E-state index in [1.54, 1.807) is 18.5 Å². The van der Waals surface area contributed by atoms with E-state index < -0.39 is 0 Å². The summed E-state index contributed by atoms with van der Waals surface area (Å²) in [6, 6.07) is 16.1. The Bertz CT molecular complexity index is 934. The third-order valence-electron chi connectivity index (χ3n) is 6.68. The molecule has 8 nitrogen and oxygen atoms in total. The second-order valence-corrected chi connectivity index (χ2v) is 8.56. The Morgan fingerprint density at radius 3 is 1.94 bits per heavy atom. The number of benzene rings is 2. The topological polar surface area (TPSA) is 74.7 Å². The Balaban J connectivity index is 1.21. The highest BCUT2D eigenvalue weighted by Gasteiger charge is 2.34. The van der Waals surface area contributed by atoms with Crippen molar-refractivity contribution >= 4 is 29.7 Å². The van der Waals surface area contributed by atoms with Gasteiger partial charge in [0.05, 0.1) is 6.04 Å². The van der Waals surface area contributed by atoms with Gasteiger partial charge >= 0.3 is 0 Å². The Hall–Kier alpha value is -3.26. The number of piperidine rings is 1. The SMILES string of the molecule is O=CC1N(c2ccc(N3CCN(c4ccc(O)cc4)CC3)cc2)C=NN1C1CCNCC1. The zero-order valence-electron chi connectivity index (χ0n) is 18.2. The molecule has 5 rings (SSSR count). The molecule has 3 aliphatic rings. The first-order chi connectivity index (χ1) is 15.7. The smallest absolute Gasteiger partial charge is 0.180 e. The highest BCUT2D eigenvalue weighted by Crippen LogP contribution is 2.28. The fraction of sp³-hybridized carbons (Fsp3) is 0.417. The Morgan fingerprint density at radius 1 is 0.844 bits per heavy atom. The lowest BCUT2D eigenvalue weighted by Gasteiger charge is -2.37. The van der Waals surface area contributed by atoms with Crippen molar-refractivity contribution < 1.29 is 9.90 Å². The van der Waals surface area contributed by atoms with Gasteiger partial charge in [-0.3, -0.25) is 9.80 Å². The van der Waals surface area contributed by atoms with Gasteiger partial charge < -0.3 is 25.1 Å². The summed E-state index contributed by atoms with van der Waals surface area (Å²) in [5.41, 5.74) is 3.31. The summed E-state index contributed by atoms with van der Waals surface area (Å²) >= 11 is 0. The minimum atomic E-state index is -0.377. The number of hydrogen-bond donors (Lipinski definition) is 2. The molecule has 0 radical (unpaired) electrons. The lowest BCUT2D eigenvalue weighted by molar-refractivity contribution is -0.112. The molecule has 0 bridgehead atoms. The molecule has 1 atom stereocenters. The highest BCUT2D eigenvalue weighted by molar-refractivity contribution is 5.88. The third kappa shape index (κ3) is 4.10. The van der Waals surface area contributed by atoms with E-state index in [-0.39, 0.29) is 6.17 Å². The molecule has 1 unspecified atom stereocenters. The predicted molar refractivity (Wildman–Crippen MR) is 128 cm³/mol. The van der Waals surface area contributed by atoms with Crippen LogP contribution in [0.2, 0.25) is 0 Å². The van der Waals surface area contributed by atoms with Crippen LogP contribution in [0.3, 0.4) is 0 Å². The van der Waals surface area contributed by atoms with Crippen LogP contribution in [0.1, 0.15) is 12.8 Å². The summed E-state index contributed by atoms with van der Waals surface area (Å²) in [6.45, 7) is 5.68. The first kappa shape index (κ1) is 20.6. The minimum Gasteiger partial charge on any atom is -0.508 e. The van der Waals surface area contributed by atoms with Crippen LogP contribution in [0.15, 0.2) is 53.6 Å². The summed E-state index contributed by atoms with van der Waals surface area (Å²) in [4.78, 5) is 18.6. The van der Waals surface area contributed by atoms with E-state index in [1.807, 2.05) is 22.0 Å². The zero-order chi connectivity index (χ0) is 21.9. The van der Waals surface area contributed by atoms with E-state index in [0.29, 0.717) is 11.8 Å². The molecule has 2 saturated heterocycles. The predicted octanol–water partition coefficient (Wildman–Crippen LogP) is 2.06. The van der Waals surface area contributed by atoms with Gasteiger partial charge in [0.1, 0.15) is 12.1 Å². The number of aldehydes is 1. The number of phenolic OH excluding ortho intramolecular Hbond substituents is 1. The van der Waals surface area contributed by atoms with E-state index in [9.17, 15) is 9.90 Å². The van der Waals surface area contributed by atoms with Crippen LogP contribution in [0.5, 0.6) is 5.75 Å². The fourth-order valence-corrected chi connectivity index (χ4v) is 4.83. The molecule has 3 heterocycles. The van der Waals surface area contributed by atoms with Crippen LogP contribution in [-0.4, -0.2) is 74.2 Å². The Morgan fingerprint density at radius 2 is 1.38 bits per heavy atom. The molecule has 2 aromatic carbocycles. The number of phenols is 1. The molecule has 32 heavy (non-hydrogen) atoms. The maximum Gasteiger partial charge on any atom is 0.180 e. The maximum absolute atomic E-state index is 11.9. The first-order valence-corrected chi connectivity index (χ1v) is 11.4. The summed E-state index contributed by atoms with van der Waals surface area (Å²) in [5, 5.41) is 19.4. The number of rotatable bonds is 5. The lowest BCUT2D eigenvalue weighted by Crippen LogP contribution is -2.49. The number of nitrogens with zero attached hydrogens (tertiary/aromatic N) is 5. The molecule has 8 heteroatoms. The average molecular weight is 435 g/mol. The average Bonchev–Trinajstić information content (AvgIpc) is 3.29. The van der Waals surface area contributed by atoms with Crippen molar-refractivity contribution in [3.63, 3.8) is 0 Å². The van der Waals surface area contributed by atoms with E-state index in [4.69, 9.17) is 0 Å². The van der Waals surface area contributed by atoms with Crippen LogP contribution in [0.4, 0.5) is 17.1 Å². The highest BCUT2D eigenvalue weighted by atomic mass is 16.3. The van der Waals surface area contributed by atoms with Crippen molar-refractivity contribution in [1.82, 2.24) is 10.3 Å². The van der Waals surface area contributed by atoms with Crippen LogP contribution >= 0.6 is 0 Å². The largest absolute Gasteiger partial charge is 0.508 e. The van der Waals surface area contributed by atoms with Gasteiger partial charge in [-0.25, -0.2) is 0 Å². The lowest BCUT2D eigenvalue weighted by atomic mass is 10.1. The van der Waals surface area contributed by atoms with Crippen LogP contribution in [0, 0.1) is 0 Å². The second kappa shape index (κ2) is 9.08. The molecule has 0 aromatic heterocycles. The molecule has 0 aliphatic carbocycles. The van der Waals surface area contributed by atoms with Gasteiger partial charge in [0.2, 0.25) is 0 Å². The molecule has 0 amide bonds. The number of carbonyl (C=O) groups is 1. The third-order valence-corrected chi connectivity index (χ3v) is 6.68. The number of hydrogen-bond acceptors (Lipinski definition) is 8. The molecule has 168 valence electrons. The Labute approximate surface area is 188 Å². The molecule has 2 fully saturated rings. The summed E-state index contributed by atoms with van der Waals surface area (Å²) in [7, 11) is 0. The van der Waals surface area contributed by atoms with Gasteiger partial charge in [-0.1, -0.05) is 0 Å². The van der Waals surface area contributed by atoms with Gasteiger partial charge in [0, 0.05) is 43.2 Å². The van der Waals surface area contributed by atoms with Crippen molar-refractivity contribution in [3.8, 4) is 5.75 Å². The Kier molecular flexibility index (Phi) is 5.85.